The average Bonchev–Trinajstić information content (AvgIpc) is 2.91. The van der Waals surface area contributed by atoms with E-state index in [1.54, 1.807) is 0 Å². The fourth-order valence-corrected chi connectivity index (χ4v) is 2.46. The summed E-state index contributed by atoms with van der Waals surface area (Å²) in [5.41, 5.74) is 1.17. The molecule has 0 aliphatic heterocycles. The van der Waals surface area contributed by atoms with E-state index in [2.05, 4.69) is 23.3 Å². The molecule has 18 heavy (non-hydrogen) atoms. The van der Waals surface area contributed by atoms with Crippen molar-refractivity contribution in [1.82, 2.24) is 10.3 Å². The van der Waals surface area contributed by atoms with Crippen LogP contribution in [0.15, 0.2) is 18.3 Å². The lowest BCUT2D eigenvalue weighted by Crippen LogP contribution is -2.16. The Hall–Kier alpha value is -1.09. The second-order valence-electron chi connectivity index (χ2n) is 5.11. The molecule has 2 rings (SSSR count). The van der Waals surface area contributed by atoms with Gasteiger partial charge in [0.1, 0.15) is 0 Å². The molecule has 0 amide bonds. The average molecular weight is 248 g/mol. The van der Waals surface area contributed by atoms with Crippen molar-refractivity contribution in [2.75, 3.05) is 13.2 Å². The first kappa shape index (κ1) is 13.3. The monoisotopic (exact) mass is 248 g/mol. The Balaban J connectivity index is 1.85. The van der Waals surface area contributed by atoms with E-state index in [1.807, 2.05) is 12.3 Å². The third-order valence-electron chi connectivity index (χ3n) is 3.52. The van der Waals surface area contributed by atoms with Crippen molar-refractivity contribution in [2.24, 2.45) is 5.92 Å². The van der Waals surface area contributed by atoms with Crippen LogP contribution in [0.3, 0.4) is 0 Å². The topological polar surface area (TPSA) is 34.2 Å². The molecule has 0 radical (unpaired) electrons. The summed E-state index contributed by atoms with van der Waals surface area (Å²) >= 11 is 0. The molecule has 1 heterocycles. The van der Waals surface area contributed by atoms with E-state index >= 15 is 0 Å². The van der Waals surface area contributed by atoms with Crippen LogP contribution in [0, 0.1) is 5.92 Å². The normalized spacial score (nSPS) is 16.1. The summed E-state index contributed by atoms with van der Waals surface area (Å²) in [5.74, 6) is 1.55. The number of nitrogens with one attached hydrogen (secondary N) is 1. The van der Waals surface area contributed by atoms with Gasteiger partial charge in [-0.1, -0.05) is 25.8 Å². The number of hydrogen-bond donors (Lipinski definition) is 1. The van der Waals surface area contributed by atoms with Crippen molar-refractivity contribution in [3.8, 4) is 5.88 Å². The predicted octanol–water partition coefficient (Wildman–Crippen LogP) is 3.15. The standard InChI is InChI=1S/C15H24N2O/c1-2-9-16-11-14-8-5-10-17-15(14)18-12-13-6-3-4-7-13/h5,8,10,13,16H,2-4,6-7,9,11-12H2,1H3. The lowest BCUT2D eigenvalue weighted by Gasteiger charge is -2.13. The van der Waals surface area contributed by atoms with Crippen LogP contribution in [0.5, 0.6) is 5.88 Å². The van der Waals surface area contributed by atoms with Crippen molar-refractivity contribution in [2.45, 2.75) is 45.6 Å². The van der Waals surface area contributed by atoms with E-state index < -0.39 is 0 Å². The molecule has 0 aromatic carbocycles. The highest BCUT2D eigenvalue weighted by atomic mass is 16.5. The van der Waals surface area contributed by atoms with Gasteiger partial charge in [0.2, 0.25) is 5.88 Å². The van der Waals surface area contributed by atoms with Gasteiger partial charge in [0.25, 0.3) is 0 Å². The third-order valence-corrected chi connectivity index (χ3v) is 3.52. The molecule has 3 heteroatoms. The quantitative estimate of drug-likeness (QED) is 0.753. The van der Waals surface area contributed by atoms with Crippen LogP contribution < -0.4 is 10.1 Å². The summed E-state index contributed by atoms with van der Waals surface area (Å²) in [5, 5.41) is 3.40. The molecule has 1 fully saturated rings. The van der Waals surface area contributed by atoms with Gasteiger partial charge in [-0.15, -0.1) is 0 Å². The Kier molecular flexibility index (Phi) is 5.46. The molecule has 1 saturated carbocycles. The fourth-order valence-electron chi connectivity index (χ4n) is 2.46. The molecule has 0 atom stereocenters. The summed E-state index contributed by atoms with van der Waals surface area (Å²) in [7, 11) is 0. The zero-order valence-electron chi connectivity index (χ0n) is 11.3. The minimum atomic E-state index is 0.739. The molecular formula is C15H24N2O. The predicted molar refractivity (Wildman–Crippen MR) is 73.7 cm³/mol. The molecule has 1 aliphatic rings. The smallest absolute Gasteiger partial charge is 0.217 e. The number of aromatic nitrogens is 1. The van der Waals surface area contributed by atoms with E-state index in [9.17, 15) is 0 Å². The Bertz CT molecular complexity index is 348. The van der Waals surface area contributed by atoms with E-state index in [1.165, 1.54) is 31.2 Å². The van der Waals surface area contributed by atoms with Crippen LogP contribution >= 0.6 is 0 Å². The molecule has 1 N–H and O–H groups in total. The van der Waals surface area contributed by atoms with E-state index in [-0.39, 0.29) is 0 Å². The third kappa shape index (κ3) is 3.98. The molecule has 1 aromatic rings. The maximum atomic E-state index is 5.90. The lowest BCUT2D eigenvalue weighted by molar-refractivity contribution is 0.241. The first-order chi connectivity index (χ1) is 8.90. The van der Waals surface area contributed by atoms with Crippen LogP contribution in [0.25, 0.3) is 0 Å². The molecule has 1 aliphatic carbocycles. The van der Waals surface area contributed by atoms with Gasteiger partial charge in [-0.25, -0.2) is 4.98 Å². The van der Waals surface area contributed by atoms with Crippen molar-refractivity contribution in [3.05, 3.63) is 23.9 Å². The lowest BCUT2D eigenvalue weighted by atomic mass is 10.1. The Morgan fingerprint density at radius 3 is 3.00 bits per heavy atom. The molecule has 3 nitrogen and oxygen atoms in total. The van der Waals surface area contributed by atoms with Gasteiger partial charge in [0.15, 0.2) is 0 Å². The van der Waals surface area contributed by atoms with Crippen LogP contribution in [-0.4, -0.2) is 18.1 Å². The molecule has 0 bridgehead atoms. The van der Waals surface area contributed by atoms with Gasteiger partial charge in [-0.3, -0.25) is 0 Å². The Morgan fingerprint density at radius 1 is 1.39 bits per heavy atom. The minimum absolute atomic E-state index is 0.739. The second-order valence-corrected chi connectivity index (χ2v) is 5.11. The van der Waals surface area contributed by atoms with Crippen molar-refractivity contribution in [1.29, 1.82) is 0 Å². The molecule has 100 valence electrons. The van der Waals surface area contributed by atoms with Crippen LogP contribution in [0.1, 0.15) is 44.6 Å². The summed E-state index contributed by atoms with van der Waals surface area (Å²) in [4.78, 5) is 4.36. The number of hydrogen-bond acceptors (Lipinski definition) is 3. The summed E-state index contributed by atoms with van der Waals surface area (Å²) in [6.45, 7) is 4.89. The van der Waals surface area contributed by atoms with Gasteiger partial charge >= 0.3 is 0 Å². The summed E-state index contributed by atoms with van der Waals surface area (Å²) < 4.78 is 5.90. The van der Waals surface area contributed by atoms with Crippen molar-refractivity contribution in [3.63, 3.8) is 0 Å². The summed E-state index contributed by atoms with van der Waals surface area (Å²) in [6, 6.07) is 4.07. The molecule has 1 aromatic heterocycles. The number of nitrogens with zero attached hydrogens (tertiary/aromatic N) is 1. The van der Waals surface area contributed by atoms with Crippen molar-refractivity contribution < 1.29 is 4.74 Å². The zero-order valence-corrected chi connectivity index (χ0v) is 11.3. The molecule has 0 unspecified atom stereocenters. The van der Waals surface area contributed by atoms with E-state index in [0.717, 1.165) is 37.9 Å². The molecule has 0 spiro atoms. The highest BCUT2D eigenvalue weighted by Gasteiger charge is 2.16. The van der Waals surface area contributed by atoms with E-state index in [0.29, 0.717) is 0 Å². The fraction of sp³-hybridized carbons (Fsp3) is 0.667. The first-order valence-corrected chi connectivity index (χ1v) is 7.17. The summed E-state index contributed by atoms with van der Waals surface area (Å²) in [6.07, 6.45) is 8.32. The Morgan fingerprint density at radius 2 is 2.22 bits per heavy atom. The Labute approximate surface area is 110 Å². The van der Waals surface area contributed by atoms with Gasteiger partial charge in [-0.05, 0) is 37.8 Å². The highest BCUT2D eigenvalue weighted by Crippen LogP contribution is 2.25. The highest BCUT2D eigenvalue weighted by molar-refractivity contribution is 5.25. The van der Waals surface area contributed by atoms with Gasteiger partial charge < -0.3 is 10.1 Å². The number of rotatable bonds is 7. The minimum Gasteiger partial charge on any atom is -0.477 e. The van der Waals surface area contributed by atoms with Gasteiger partial charge in [-0.2, -0.15) is 0 Å². The number of ether oxygens (including phenoxy) is 1. The van der Waals surface area contributed by atoms with Crippen LogP contribution in [0.2, 0.25) is 0 Å². The van der Waals surface area contributed by atoms with E-state index in [4.69, 9.17) is 4.74 Å². The maximum absolute atomic E-state index is 5.90. The SMILES string of the molecule is CCCNCc1cccnc1OCC1CCCC1. The second kappa shape index (κ2) is 7.37. The van der Waals surface area contributed by atoms with Gasteiger partial charge in [0.05, 0.1) is 6.61 Å². The molecular weight excluding hydrogens is 224 g/mol. The largest absolute Gasteiger partial charge is 0.477 e. The maximum Gasteiger partial charge on any atom is 0.217 e. The first-order valence-electron chi connectivity index (χ1n) is 7.17. The number of pyridine rings is 1. The van der Waals surface area contributed by atoms with Crippen LogP contribution in [0.4, 0.5) is 0 Å². The van der Waals surface area contributed by atoms with Crippen molar-refractivity contribution >= 4 is 0 Å². The van der Waals surface area contributed by atoms with Crippen LogP contribution in [-0.2, 0) is 6.54 Å². The van der Waals surface area contributed by atoms with Gasteiger partial charge in [0, 0.05) is 18.3 Å². The zero-order chi connectivity index (χ0) is 12.6. The molecule has 0 saturated heterocycles.